The molecule has 0 bridgehead atoms. The largest absolute Gasteiger partial charge is 0.373 e. The lowest BCUT2D eigenvalue weighted by Crippen LogP contribution is -1.99. The Morgan fingerprint density at radius 3 is 2.63 bits per heavy atom. The molecule has 0 saturated heterocycles. The molecule has 1 aromatic carbocycles. The van der Waals surface area contributed by atoms with Crippen LogP contribution in [-0.2, 0) is 16.1 Å². The summed E-state index contributed by atoms with van der Waals surface area (Å²) in [4.78, 5) is 16.2. The molecule has 0 spiro atoms. The fraction of sp³-hybridized carbons (Fsp3) is 0.429. The fourth-order valence-electron chi connectivity index (χ4n) is 1.89. The van der Waals surface area contributed by atoms with E-state index in [0.717, 1.165) is 11.0 Å². The highest BCUT2D eigenvalue weighted by molar-refractivity contribution is 9.10. The van der Waals surface area contributed by atoms with Gasteiger partial charge in [0.1, 0.15) is 0 Å². The SMILES string of the molecule is CCCCCn1ncc2cc(Br)c(C)cc21.O=C=O. The monoisotopic (exact) mass is 324 g/mol. The van der Waals surface area contributed by atoms with Gasteiger partial charge in [0.25, 0.3) is 0 Å². The molecule has 0 radical (unpaired) electrons. The molecule has 2 aromatic rings. The maximum absolute atomic E-state index is 8.12. The van der Waals surface area contributed by atoms with Gasteiger partial charge in [-0.25, -0.2) is 0 Å². The van der Waals surface area contributed by atoms with E-state index >= 15 is 0 Å². The molecule has 4 nitrogen and oxygen atoms in total. The van der Waals surface area contributed by atoms with Crippen molar-refractivity contribution in [1.29, 1.82) is 0 Å². The lowest BCUT2D eigenvalue weighted by atomic mass is 10.2. The third-order valence-corrected chi connectivity index (χ3v) is 3.75. The second kappa shape index (κ2) is 7.87. The predicted molar refractivity (Wildman–Crippen MR) is 76.7 cm³/mol. The molecule has 0 fully saturated rings. The van der Waals surface area contributed by atoms with E-state index in [1.54, 1.807) is 0 Å². The van der Waals surface area contributed by atoms with Crippen molar-refractivity contribution in [2.75, 3.05) is 0 Å². The van der Waals surface area contributed by atoms with E-state index in [1.165, 1.54) is 35.7 Å². The van der Waals surface area contributed by atoms with Crippen LogP contribution in [0.4, 0.5) is 0 Å². The summed E-state index contributed by atoms with van der Waals surface area (Å²) in [6.07, 6.45) is 5.94. The average molecular weight is 325 g/mol. The maximum Gasteiger partial charge on any atom is 0.373 e. The number of hydrogen-bond donors (Lipinski definition) is 0. The minimum atomic E-state index is 0.250. The second-order valence-electron chi connectivity index (χ2n) is 4.32. The van der Waals surface area contributed by atoms with E-state index in [9.17, 15) is 0 Å². The molecule has 0 aliphatic heterocycles. The average Bonchev–Trinajstić information content (AvgIpc) is 2.74. The van der Waals surface area contributed by atoms with Crippen LogP contribution < -0.4 is 0 Å². The van der Waals surface area contributed by atoms with Crippen molar-refractivity contribution in [3.8, 4) is 0 Å². The Morgan fingerprint density at radius 2 is 2.00 bits per heavy atom. The summed E-state index contributed by atoms with van der Waals surface area (Å²) in [5.41, 5.74) is 2.52. The number of benzene rings is 1. The Kier molecular flexibility index (Phi) is 6.46. The molecule has 0 unspecified atom stereocenters. The minimum Gasteiger partial charge on any atom is -0.265 e. The van der Waals surface area contributed by atoms with Crippen molar-refractivity contribution in [3.63, 3.8) is 0 Å². The number of aryl methyl sites for hydroxylation is 2. The predicted octanol–water partition coefficient (Wildman–Crippen LogP) is 3.71. The van der Waals surface area contributed by atoms with Gasteiger partial charge in [-0.3, -0.25) is 4.68 Å². The van der Waals surface area contributed by atoms with Crippen LogP contribution in [0.5, 0.6) is 0 Å². The van der Waals surface area contributed by atoms with Crippen LogP contribution in [0.1, 0.15) is 31.7 Å². The molecule has 1 aromatic heterocycles. The third kappa shape index (κ3) is 4.30. The molecule has 2 rings (SSSR count). The van der Waals surface area contributed by atoms with Gasteiger partial charge in [-0.2, -0.15) is 14.7 Å². The van der Waals surface area contributed by atoms with Gasteiger partial charge in [0.05, 0.1) is 11.7 Å². The van der Waals surface area contributed by atoms with E-state index in [0.29, 0.717) is 0 Å². The molecule has 102 valence electrons. The van der Waals surface area contributed by atoms with Crippen molar-refractivity contribution in [3.05, 3.63) is 28.4 Å². The van der Waals surface area contributed by atoms with Crippen molar-refractivity contribution >= 4 is 33.0 Å². The highest BCUT2D eigenvalue weighted by Gasteiger charge is 2.04. The molecule has 1 heterocycles. The summed E-state index contributed by atoms with van der Waals surface area (Å²) >= 11 is 3.55. The van der Waals surface area contributed by atoms with Gasteiger partial charge in [-0.05, 0) is 31.0 Å². The molecule has 0 aliphatic carbocycles. The molecule has 19 heavy (non-hydrogen) atoms. The molecule has 0 amide bonds. The summed E-state index contributed by atoms with van der Waals surface area (Å²) in [5.74, 6) is 0. The second-order valence-corrected chi connectivity index (χ2v) is 5.17. The molecule has 0 aliphatic rings. The number of halogens is 1. The van der Waals surface area contributed by atoms with Gasteiger partial charge in [0, 0.05) is 16.4 Å². The van der Waals surface area contributed by atoms with E-state index < -0.39 is 0 Å². The van der Waals surface area contributed by atoms with Crippen molar-refractivity contribution in [2.45, 2.75) is 39.7 Å². The van der Waals surface area contributed by atoms with Crippen LogP contribution in [-0.4, -0.2) is 15.9 Å². The van der Waals surface area contributed by atoms with Crippen LogP contribution in [0.15, 0.2) is 22.8 Å². The van der Waals surface area contributed by atoms with Crippen LogP contribution in [0.3, 0.4) is 0 Å². The first kappa shape index (κ1) is 15.6. The summed E-state index contributed by atoms with van der Waals surface area (Å²) in [5, 5.41) is 5.66. The van der Waals surface area contributed by atoms with E-state index in [2.05, 4.69) is 51.7 Å². The molecule has 0 N–H and O–H groups in total. The Balaban J connectivity index is 0.000000550. The number of aromatic nitrogens is 2. The molecular formula is C14H17BrN2O2. The topological polar surface area (TPSA) is 52.0 Å². The normalized spacial score (nSPS) is 9.84. The van der Waals surface area contributed by atoms with Crippen molar-refractivity contribution in [2.24, 2.45) is 0 Å². The Morgan fingerprint density at radius 1 is 1.32 bits per heavy atom. The first-order chi connectivity index (χ1) is 9.13. The quantitative estimate of drug-likeness (QED) is 0.805. The van der Waals surface area contributed by atoms with Gasteiger partial charge in [-0.1, -0.05) is 35.7 Å². The van der Waals surface area contributed by atoms with Crippen LogP contribution in [0.2, 0.25) is 0 Å². The first-order valence-electron chi connectivity index (χ1n) is 6.25. The fourth-order valence-corrected chi connectivity index (χ4v) is 2.25. The highest BCUT2D eigenvalue weighted by Crippen LogP contribution is 2.23. The third-order valence-electron chi connectivity index (χ3n) is 2.90. The lowest BCUT2D eigenvalue weighted by molar-refractivity contribution is -0.191. The smallest absolute Gasteiger partial charge is 0.265 e. The van der Waals surface area contributed by atoms with E-state index in [4.69, 9.17) is 9.59 Å². The zero-order chi connectivity index (χ0) is 14.3. The number of hydrogen-bond acceptors (Lipinski definition) is 3. The van der Waals surface area contributed by atoms with E-state index in [1.807, 2.05) is 6.20 Å². The number of carbonyl (C=O) groups excluding carboxylic acids is 2. The highest BCUT2D eigenvalue weighted by atomic mass is 79.9. The number of fused-ring (bicyclic) bond motifs is 1. The van der Waals surface area contributed by atoms with Crippen molar-refractivity contribution < 1.29 is 9.59 Å². The van der Waals surface area contributed by atoms with Gasteiger partial charge >= 0.3 is 6.15 Å². The van der Waals surface area contributed by atoms with E-state index in [-0.39, 0.29) is 6.15 Å². The van der Waals surface area contributed by atoms with Crippen molar-refractivity contribution in [1.82, 2.24) is 9.78 Å². The first-order valence-corrected chi connectivity index (χ1v) is 7.04. The van der Waals surface area contributed by atoms with Gasteiger partial charge in [0.15, 0.2) is 0 Å². The Hall–Kier alpha value is -1.45. The molecule has 5 heteroatoms. The molecule has 0 saturated carbocycles. The Bertz CT molecular complexity index is 572. The van der Waals surface area contributed by atoms with Crippen LogP contribution >= 0.6 is 15.9 Å². The van der Waals surface area contributed by atoms with Gasteiger partial charge < -0.3 is 0 Å². The van der Waals surface area contributed by atoms with Gasteiger partial charge in [0.2, 0.25) is 0 Å². The Labute approximate surface area is 120 Å². The summed E-state index contributed by atoms with van der Waals surface area (Å²) in [6, 6.07) is 4.35. The number of unbranched alkanes of at least 4 members (excludes halogenated alkanes) is 2. The maximum atomic E-state index is 8.12. The number of rotatable bonds is 4. The van der Waals surface area contributed by atoms with Crippen LogP contribution in [0, 0.1) is 6.92 Å². The number of nitrogens with zero attached hydrogens (tertiary/aromatic N) is 2. The summed E-state index contributed by atoms with van der Waals surface area (Å²) < 4.78 is 3.28. The van der Waals surface area contributed by atoms with Gasteiger partial charge in [-0.15, -0.1) is 0 Å². The lowest BCUT2D eigenvalue weighted by Gasteiger charge is -2.04. The summed E-state index contributed by atoms with van der Waals surface area (Å²) in [6.45, 7) is 5.37. The summed E-state index contributed by atoms with van der Waals surface area (Å²) in [7, 11) is 0. The van der Waals surface area contributed by atoms with Crippen LogP contribution in [0.25, 0.3) is 10.9 Å². The molecular weight excluding hydrogens is 308 g/mol. The molecule has 0 atom stereocenters. The minimum absolute atomic E-state index is 0.250. The zero-order valence-electron chi connectivity index (χ0n) is 11.1. The zero-order valence-corrected chi connectivity index (χ0v) is 12.7. The standard InChI is InChI=1S/C13H17BrN2.CO2/c1-3-4-5-6-16-13-7-10(2)12(14)8-11(13)9-15-16;2-1-3/h7-9H,3-6H2,1-2H3;.